The fourth-order valence-electron chi connectivity index (χ4n) is 2.25. The first kappa shape index (κ1) is 15.5. The highest BCUT2D eigenvalue weighted by molar-refractivity contribution is 9.10. The second-order valence-corrected chi connectivity index (χ2v) is 6.00. The number of pyridine rings is 1. The lowest BCUT2D eigenvalue weighted by Crippen LogP contribution is -2.16. The van der Waals surface area contributed by atoms with Crippen LogP contribution in [0.1, 0.15) is 5.89 Å². The highest BCUT2D eigenvalue weighted by Gasteiger charge is 2.17. The maximum absolute atomic E-state index is 11.9. The van der Waals surface area contributed by atoms with Crippen molar-refractivity contribution in [2.75, 3.05) is 0 Å². The summed E-state index contributed by atoms with van der Waals surface area (Å²) in [7, 11) is 0. The molecule has 0 saturated heterocycles. The third kappa shape index (κ3) is 3.13. The van der Waals surface area contributed by atoms with Crippen LogP contribution in [-0.4, -0.2) is 24.9 Å². The molecule has 9 heteroatoms. The molecule has 4 aromatic rings. The van der Waals surface area contributed by atoms with Gasteiger partial charge in [-0.15, -0.1) is 10.2 Å². The predicted octanol–water partition coefficient (Wildman–Crippen LogP) is 2.76. The van der Waals surface area contributed by atoms with Gasteiger partial charge in [0, 0.05) is 16.2 Å². The summed E-state index contributed by atoms with van der Waals surface area (Å²) in [5.74, 6) is 0.310. The Morgan fingerprint density at radius 3 is 2.68 bits per heavy atom. The van der Waals surface area contributed by atoms with E-state index in [2.05, 4.69) is 36.3 Å². The molecule has 0 saturated carbocycles. The van der Waals surface area contributed by atoms with Crippen LogP contribution < -0.4 is 5.76 Å². The molecule has 0 atom stereocenters. The maximum atomic E-state index is 11.9. The van der Waals surface area contributed by atoms with Crippen LogP contribution in [0.25, 0.3) is 23.0 Å². The summed E-state index contributed by atoms with van der Waals surface area (Å²) in [6, 6.07) is 12.8. The average molecular weight is 400 g/mol. The summed E-state index contributed by atoms with van der Waals surface area (Å²) < 4.78 is 12.6. The van der Waals surface area contributed by atoms with Crippen LogP contribution in [0, 0.1) is 0 Å². The fourth-order valence-corrected chi connectivity index (χ4v) is 2.51. The van der Waals surface area contributed by atoms with Crippen LogP contribution in [0.3, 0.4) is 0 Å². The molecule has 0 fully saturated rings. The summed E-state index contributed by atoms with van der Waals surface area (Å²) in [6.07, 6.45) is 1.61. The van der Waals surface area contributed by atoms with Gasteiger partial charge >= 0.3 is 5.76 Å². The van der Waals surface area contributed by atoms with Crippen molar-refractivity contribution in [1.82, 2.24) is 24.9 Å². The highest BCUT2D eigenvalue weighted by Crippen LogP contribution is 2.21. The van der Waals surface area contributed by atoms with Gasteiger partial charge in [-0.1, -0.05) is 27.2 Å². The van der Waals surface area contributed by atoms with E-state index >= 15 is 0 Å². The second kappa shape index (κ2) is 6.44. The Hall–Kier alpha value is -3.07. The lowest BCUT2D eigenvalue weighted by molar-refractivity contribution is 0.373. The molecule has 0 aliphatic heterocycles. The molecule has 0 N–H and O–H groups in total. The predicted molar refractivity (Wildman–Crippen MR) is 90.5 cm³/mol. The number of nitrogens with zero attached hydrogens (tertiary/aromatic N) is 5. The first-order valence-electron chi connectivity index (χ1n) is 7.27. The molecule has 25 heavy (non-hydrogen) atoms. The van der Waals surface area contributed by atoms with Crippen LogP contribution >= 0.6 is 15.9 Å². The molecule has 0 bridgehead atoms. The molecule has 3 heterocycles. The van der Waals surface area contributed by atoms with E-state index in [1.807, 2.05) is 24.3 Å². The van der Waals surface area contributed by atoms with Crippen molar-refractivity contribution >= 4 is 15.9 Å². The van der Waals surface area contributed by atoms with Gasteiger partial charge in [-0.3, -0.25) is 9.51 Å². The largest absolute Gasteiger partial charge is 0.442 e. The average Bonchev–Trinajstić information content (AvgIpc) is 3.24. The van der Waals surface area contributed by atoms with E-state index < -0.39 is 5.76 Å². The Morgan fingerprint density at radius 2 is 1.92 bits per heavy atom. The van der Waals surface area contributed by atoms with E-state index in [9.17, 15) is 4.79 Å². The van der Waals surface area contributed by atoms with Gasteiger partial charge in [-0.2, -0.15) is 0 Å². The van der Waals surface area contributed by atoms with Crippen molar-refractivity contribution < 1.29 is 8.94 Å². The van der Waals surface area contributed by atoms with Crippen molar-refractivity contribution in [3.05, 3.63) is 69.6 Å². The molecule has 0 unspecified atom stereocenters. The minimum Gasteiger partial charge on any atom is -0.419 e. The fraction of sp³-hybridized carbons (Fsp3) is 0.0625. The number of rotatable bonds is 4. The molecule has 0 aliphatic rings. The molecule has 3 aromatic heterocycles. The van der Waals surface area contributed by atoms with Gasteiger partial charge in [0.2, 0.25) is 17.6 Å². The smallest absolute Gasteiger partial charge is 0.419 e. The number of hydrogen-bond acceptors (Lipinski definition) is 7. The van der Waals surface area contributed by atoms with E-state index in [4.69, 9.17) is 8.94 Å². The number of benzene rings is 1. The molecule has 0 amide bonds. The molecule has 4 rings (SSSR count). The summed E-state index contributed by atoms with van der Waals surface area (Å²) >= 11 is 3.37. The van der Waals surface area contributed by atoms with Gasteiger partial charge in [-0.25, -0.2) is 9.36 Å². The van der Waals surface area contributed by atoms with Gasteiger partial charge in [-0.05, 0) is 36.4 Å². The van der Waals surface area contributed by atoms with E-state index in [0.717, 1.165) is 10.0 Å². The molecular formula is C16H10BrN5O3. The second-order valence-electron chi connectivity index (χ2n) is 5.08. The third-order valence-corrected chi connectivity index (χ3v) is 3.96. The highest BCUT2D eigenvalue weighted by atomic mass is 79.9. The van der Waals surface area contributed by atoms with Crippen LogP contribution in [0.5, 0.6) is 0 Å². The van der Waals surface area contributed by atoms with Gasteiger partial charge in [0.1, 0.15) is 12.2 Å². The Morgan fingerprint density at radius 1 is 1.08 bits per heavy atom. The molecule has 0 spiro atoms. The zero-order valence-corrected chi connectivity index (χ0v) is 14.3. The Balaban J connectivity index is 1.65. The quantitative estimate of drug-likeness (QED) is 0.519. The van der Waals surface area contributed by atoms with Crippen molar-refractivity contribution in [3.8, 4) is 23.0 Å². The monoisotopic (exact) mass is 399 g/mol. The van der Waals surface area contributed by atoms with Crippen molar-refractivity contribution in [1.29, 1.82) is 0 Å². The van der Waals surface area contributed by atoms with Crippen molar-refractivity contribution in [2.24, 2.45) is 0 Å². The molecule has 124 valence electrons. The zero-order valence-electron chi connectivity index (χ0n) is 12.7. The van der Waals surface area contributed by atoms with Crippen molar-refractivity contribution in [3.63, 3.8) is 0 Å². The van der Waals surface area contributed by atoms with Gasteiger partial charge in [0.15, 0.2) is 0 Å². The maximum Gasteiger partial charge on any atom is 0.442 e. The summed E-state index contributed by atoms with van der Waals surface area (Å²) in [6.45, 7) is 0.0395. The minimum absolute atomic E-state index is 0.0395. The lowest BCUT2D eigenvalue weighted by Gasteiger charge is -2.00. The van der Waals surface area contributed by atoms with E-state index in [0.29, 0.717) is 17.4 Å². The molecular weight excluding hydrogens is 390 g/mol. The molecule has 0 radical (unpaired) electrons. The Labute approximate surface area is 149 Å². The van der Waals surface area contributed by atoms with Crippen LogP contribution in [-0.2, 0) is 6.54 Å². The topological polar surface area (TPSA) is 99.8 Å². The number of halogens is 1. The standard InChI is InChI=1S/C16H10BrN5O3/c17-11-6-4-10(5-7-11)15-20-19-13(24-15)9-22-14(21-25-16(22)23)12-3-1-2-8-18-12/h1-8H,9H2. The van der Waals surface area contributed by atoms with Gasteiger partial charge in [0.05, 0.1) is 0 Å². The molecule has 1 aromatic carbocycles. The molecule has 8 nitrogen and oxygen atoms in total. The number of hydrogen-bond donors (Lipinski definition) is 0. The SMILES string of the molecule is O=c1onc(-c2ccccn2)n1Cc1nnc(-c2ccc(Br)cc2)o1. The first-order valence-corrected chi connectivity index (χ1v) is 8.06. The van der Waals surface area contributed by atoms with Crippen LogP contribution in [0.4, 0.5) is 0 Å². The Kier molecular flexibility index (Phi) is 3.98. The van der Waals surface area contributed by atoms with E-state index in [-0.39, 0.29) is 12.4 Å². The zero-order chi connectivity index (χ0) is 17.2. The first-order chi connectivity index (χ1) is 12.2. The van der Waals surface area contributed by atoms with E-state index in [1.165, 1.54) is 4.57 Å². The van der Waals surface area contributed by atoms with Gasteiger partial charge in [0.25, 0.3) is 0 Å². The number of aromatic nitrogens is 5. The van der Waals surface area contributed by atoms with Crippen LogP contribution in [0.2, 0.25) is 0 Å². The minimum atomic E-state index is -0.621. The summed E-state index contributed by atoms with van der Waals surface area (Å²) in [5, 5.41) is 11.8. The summed E-state index contributed by atoms with van der Waals surface area (Å²) in [5.41, 5.74) is 1.30. The third-order valence-electron chi connectivity index (χ3n) is 3.43. The van der Waals surface area contributed by atoms with Crippen LogP contribution in [0.15, 0.2) is 66.9 Å². The normalized spacial score (nSPS) is 10.9. The van der Waals surface area contributed by atoms with Crippen molar-refractivity contribution in [2.45, 2.75) is 6.54 Å². The molecule has 0 aliphatic carbocycles. The summed E-state index contributed by atoms with van der Waals surface area (Å²) in [4.78, 5) is 16.1. The van der Waals surface area contributed by atoms with Gasteiger partial charge < -0.3 is 4.42 Å². The Bertz CT molecular complexity index is 1050. The van der Waals surface area contributed by atoms with E-state index in [1.54, 1.807) is 24.4 Å². The lowest BCUT2D eigenvalue weighted by atomic mass is 10.2.